The molecule has 1 aromatic rings. The van der Waals surface area contributed by atoms with Crippen molar-refractivity contribution in [1.29, 1.82) is 0 Å². The maximum atomic E-state index is 11.8. The highest BCUT2D eigenvalue weighted by atomic mass is 79.9. The molecule has 0 aliphatic heterocycles. The lowest BCUT2D eigenvalue weighted by molar-refractivity contribution is -0.145. The van der Waals surface area contributed by atoms with Crippen molar-refractivity contribution in [3.8, 4) is 0 Å². The normalized spacial score (nSPS) is 18.0. The van der Waals surface area contributed by atoms with Crippen LogP contribution in [0.15, 0.2) is 29.3 Å². The van der Waals surface area contributed by atoms with E-state index in [1.807, 2.05) is 25.1 Å². The zero-order valence-corrected chi connectivity index (χ0v) is 12.8. The molecule has 3 heteroatoms. The molecular weight excluding hydrogens is 304 g/mol. The number of hydrogen-bond acceptors (Lipinski definition) is 1. The number of carbonyl (C=O) groups is 1. The Morgan fingerprint density at radius 3 is 2.42 bits per heavy atom. The largest absolute Gasteiger partial charge is 0.481 e. The highest BCUT2D eigenvalue weighted by molar-refractivity contribution is 9.10. The van der Waals surface area contributed by atoms with Gasteiger partial charge in [-0.05, 0) is 43.0 Å². The second-order valence-corrected chi connectivity index (χ2v) is 6.37. The van der Waals surface area contributed by atoms with E-state index in [1.54, 1.807) is 0 Å². The third kappa shape index (κ3) is 2.76. The summed E-state index contributed by atoms with van der Waals surface area (Å²) in [6.45, 7) is 5.90. The SMILES string of the molecule is C=C(C)c1cc(Br)cc(C2(C(=O)O)CCCCC2)c1. The molecule has 1 N–H and O–H groups in total. The molecule has 1 aromatic carbocycles. The van der Waals surface area contributed by atoms with Gasteiger partial charge in [-0.15, -0.1) is 0 Å². The Hall–Kier alpha value is -1.09. The molecule has 2 rings (SSSR count). The van der Waals surface area contributed by atoms with Crippen LogP contribution in [0.1, 0.15) is 50.2 Å². The first-order valence-electron chi connectivity index (χ1n) is 6.66. The van der Waals surface area contributed by atoms with Crippen LogP contribution in [-0.4, -0.2) is 11.1 Å². The Bertz CT molecular complexity index is 513. The second-order valence-electron chi connectivity index (χ2n) is 5.46. The summed E-state index contributed by atoms with van der Waals surface area (Å²) >= 11 is 3.49. The first kappa shape index (κ1) is 14.3. The minimum Gasteiger partial charge on any atom is -0.481 e. The molecule has 1 aliphatic carbocycles. The lowest BCUT2D eigenvalue weighted by Gasteiger charge is -2.34. The highest BCUT2D eigenvalue weighted by Crippen LogP contribution is 2.41. The molecule has 0 unspecified atom stereocenters. The van der Waals surface area contributed by atoms with E-state index in [0.717, 1.165) is 53.3 Å². The van der Waals surface area contributed by atoms with Crippen molar-refractivity contribution < 1.29 is 9.90 Å². The van der Waals surface area contributed by atoms with E-state index in [9.17, 15) is 9.90 Å². The van der Waals surface area contributed by atoms with Gasteiger partial charge in [0.05, 0.1) is 5.41 Å². The third-order valence-electron chi connectivity index (χ3n) is 4.06. The summed E-state index contributed by atoms with van der Waals surface area (Å²) in [6, 6.07) is 5.93. The Morgan fingerprint density at radius 2 is 1.89 bits per heavy atom. The summed E-state index contributed by atoms with van der Waals surface area (Å²) in [5.41, 5.74) is 2.16. The number of hydrogen-bond donors (Lipinski definition) is 1. The molecule has 0 spiro atoms. The number of halogens is 1. The van der Waals surface area contributed by atoms with Gasteiger partial charge in [0.2, 0.25) is 0 Å². The molecule has 0 heterocycles. The minimum absolute atomic E-state index is 0.696. The number of allylic oxidation sites excluding steroid dienone is 1. The van der Waals surface area contributed by atoms with Gasteiger partial charge in [0.1, 0.15) is 0 Å². The van der Waals surface area contributed by atoms with Crippen molar-refractivity contribution in [2.24, 2.45) is 0 Å². The van der Waals surface area contributed by atoms with Crippen LogP contribution in [0.4, 0.5) is 0 Å². The molecular formula is C16H19BrO2. The van der Waals surface area contributed by atoms with Crippen molar-refractivity contribution in [2.45, 2.75) is 44.4 Å². The van der Waals surface area contributed by atoms with E-state index < -0.39 is 11.4 Å². The Balaban J connectivity index is 2.53. The van der Waals surface area contributed by atoms with E-state index >= 15 is 0 Å². The van der Waals surface area contributed by atoms with Crippen molar-refractivity contribution in [3.05, 3.63) is 40.4 Å². The molecule has 19 heavy (non-hydrogen) atoms. The maximum absolute atomic E-state index is 11.8. The van der Waals surface area contributed by atoms with Crippen LogP contribution in [0.5, 0.6) is 0 Å². The number of aliphatic carboxylic acids is 1. The van der Waals surface area contributed by atoms with Gasteiger partial charge in [-0.2, -0.15) is 0 Å². The fourth-order valence-electron chi connectivity index (χ4n) is 2.89. The third-order valence-corrected chi connectivity index (χ3v) is 4.52. The standard InChI is InChI=1S/C16H19BrO2/c1-11(2)12-8-13(10-14(17)9-12)16(15(18)19)6-4-3-5-7-16/h8-10H,1,3-7H2,2H3,(H,18,19). The van der Waals surface area contributed by atoms with Crippen LogP contribution in [0.2, 0.25) is 0 Å². The number of carboxylic acids is 1. The van der Waals surface area contributed by atoms with Crippen LogP contribution in [-0.2, 0) is 10.2 Å². The summed E-state index contributed by atoms with van der Waals surface area (Å²) in [6.07, 6.45) is 4.57. The maximum Gasteiger partial charge on any atom is 0.314 e. The van der Waals surface area contributed by atoms with E-state index in [2.05, 4.69) is 22.5 Å². The van der Waals surface area contributed by atoms with Gasteiger partial charge in [-0.25, -0.2) is 0 Å². The molecule has 1 aliphatic rings. The summed E-state index contributed by atoms with van der Waals surface area (Å²) in [7, 11) is 0. The average Bonchev–Trinajstić information content (AvgIpc) is 2.38. The topological polar surface area (TPSA) is 37.3 Å². The average molecular weight is 323 g/mol. The molecule has 1 saturated carbocycles. The van der Waals surface area contributed by atoms with Crippen molar-refractivity contribution in [2.75, 3.05) is 0 Å². The van der Waals surface area contributed by atoms with Crippen LogP contribution >= 0.6 is 15.9 Å². The van der Waals surface area contributed by atoms with E-state index in [4.69, 9.17) is 0 Å². The Kier molecular flexibility index (Phi) is 4.14. The second kappa shape index (κ2) is 5.49. The summed E-state index contributed by atoms with van der Waals surface area (Å²) in [5, 5.41) is 9.72. The number of rotatable bonds is 3. The molecule has 0 atom stereocenters. The van der Waals surface area contributed by atoms with Gasteiger partial charge in [0, 0.05) is 4.47 Å². The molecule has 0 aromatic heterocycles. The molecule has 0 radical (unpaired) electrons. The van der Waals surface area contributed by atoms with Gasteiger partial charge in [-0.1, -0.05) is 53.4 Å². The molecule has 2 nitrogen and oxygen atoms in total. The number of carboxylic acid groups (broad SMARTS) is 1. The lowest BCUT2D eigenvalue weighted by Crippen LogP contribution is -2.37. The van der Waals surface area contributed by atoms with Gasteiger partial charge in [0.25, 0.3) is 0 Å². The number of benzene rings is 1. The molecule has 0 bridgehead atoms. The Morgan fingerprint density at radius 1 is 1.26 bits per heavy atom. The van der Waals surface area contributed by atoms with Gasteiger partial charge in [0.15, 0.2) is 0 Å². The monoisotopic (exact) mass is 322 g/mol. The van der Waals surface area contributed by atoms with Gasteiger partial charge < -0.3 is 5.11 Å². The predicted molar refractivity (Wildman–Crippen MR) is 81.2 cm³/mol. The molecule has 1 fully saturated rings. The Labute approximate surface area is 122 Å². The van der Waals surface area contributed by atoms with Gasteiger partial charge >= 0.3 is 5.97 Å². The van der Waals surface area contributed by atoms with E-state index in [0.29, 0.717) is 0 Å². The van der Waals surface area contributed by atoms with Crippen LogP contribution in [0.25, 0.3) is 5.57 Å². The zero-order valence-electron chi connectivity index (χ0n) is 11.2. The first-order valence-corrected chi connectivity index (χ1v) is 7.45. The fourth-order valence-corrected chi connectivity index (χ4v) is 3.39. The lowest BCUT2D eigenvalue weighted by atomic mass is 9.69. The fraction of sp³-hybridized carbons (Fsp3) is 0.438. The van der Waals surface area contributed by atoms with E-state index in [1.165, 1.54) is 0 Å². The van der Waals surface area contributed by atoms with Crippen molar-refractivity contribution in [1.82, 2.24) is 0 Å². The van der Waals surface area contributed by atoms with Gasteiger partial charge in [-0.3, -0.25) is 4.79 Å². The van der Waals surface area contributed by atoms with Crippen LogP contribution in [0.3, 0.4) is 0 Å². The molecule has 0 saturated heterocycles. The predicted octanol–water partition coefficient (Wildman–Crippen LogP) is 4.77. The van der Waals surface area contributed by atoms with Crippen molar-refractivity contribution in [3.63, 3.8) is 0 Å². The molecule has 102 valence electrons. The minimum atomic E-state index is -0.716. The van der Waals surface area contributed by atoms with Crippen molar-refractivity contribution >= 4 is 27.5 Å². The summed E-state index contributed by atoms with van der Waals surface area (Å²) in [4.78, 5) is 11.8. The quantitative estimate of drug-likeness (QED) is 0.870. The van der Waals surface area contributed by atoms with Crippen LogP contribution < -0.4 is 0 Å². The van der Waals surface area contributed by atoms with E-state index in [-0.39, 0.29) is 0 Å². The zero-order chi connectivity index (χ0) is 14.0. The van der Waals surface area contributed by atoms with Crippen LogP contribution in [0, 0.1) is 0 Å². The first-order chi connectivity index (χ1) is 8.95. The smallest absolute Gasteiger partial charge is 0.314 e. The summed E-state index contributed by atoms with van der Waals surface area (Å²) < 4.78 is 0.925. The highest BCUT2D eigenvalue weighted by Gasteiger charge is 2.41. The molecule has 0 amide bonds. The summed E-state index contributed by atoms with van der Waals surface area (Å²) in [5.74, 6) is -0.696.